The molecule has 1 amide bonds. The minimum Gasteiger partial charge on any atom is -0.423 e. The maximum absolute atomic E-state index is 13.1. The zero-order valence-corrected chi connectivity index (χ0v) is 17.0. The molecule has 2 bridgehead atoms. The van der Waals surface area contributed by atoms with Crippen LogP contribution in [-0.4, -0.2) is 60.4 Å². The Morgan fingerprint density at radius 2 is 2.21 bits per heavy atom. The number of amides is 1. The number of morpholine rings is 1. The Bertz CT molecular complexity index is 1010. The van der Waals surface area contributed by atoms with Crippen LogP contribution in [0.5, 0.6) is 0 Å². The summed E-state index contributed by atoms with van der Waals surface area (Å²) in [5.74, 6) is 0.167. The van der Waals surface area contributed by atoms with Crippen LogP contribution in [0.2, 0.25) is 0 Å². The normalized spacial score (nSPS) is 30.3. The molecule has 0 aliphatic carbocycles. The molecule has 7 nitrogen and oxygen atoms in total. The lowest BCUT2D eigenvalue weighted by Crippen LogP contribution is -2.52. The summed E-state index contributed by atoms with van der Waals surface area (Å²) in [4.78, 5) is 26.9. The van der Waals surface area contributed by atoms with Gasteiger partial charge in [-0.15, -0.1) is 12.4 Å². The molecular formula is C21H25ClN2O5. The van der Waals surface area contributed by atoms with E-state index in [0.29, 0.717) is 30.8 Å². The monoisotopic (exact) mass is 420 g/mol. The molecule has 8 heteroatoms. The predicted octanol–water partition coefficient (Wildman–Crippen LogP) is 0.873. The second-order valence-electron chi connectivity index (χ2n) is 8.35. The molecule has 29 heavy (non-hydrogen) atoms. The van der Waals surface area contributed by atoms with Gasteiger partial charge in [0.05, 0.1) is 19.1 Å². The third-order valence-electron chi connectivity index (χ3n) is 6.59. The molecule has 2 aromatic rings. The van der Waals surface area contributed by atoms with E-state index in [1.807, 2.05) is 30.0 Å². The van der Waals surface area contributed by atoms with Crippen molar-refractivity contribution in [1.82, 2.24) is 10.2 Å². The standard InChI is InChI=1S/C21H24N2O5.ClH/c1-12-2-3-14-13(6-20(26)27-17(14)4-12)5-19(25)23-8-16-15(9-24)18-7-22-10-21(16,11-23)28-18;/h2-4,6,15-16,18,22,24H,5,7-11H2,1H3;1H/t15-,16+,18+,21+;/m0./s1. The van der Waals surface area contributed by atoms with E-state index in [0.717, 1.165) is 17.5 Å². The number of aliphatic hydroxyl groups is 1. The van der Waals surface area contributed by atoms with Crippen LogP contribution >= 0.6 is 12.4 Å². The number of halogens is 1. The van der Waals surface area contributed by atoms with E-state index in [1.54, 1.807) is 0 Å². The van der Waals surface area contributed by atoms with Crippen molar-refractivity contribution in [2.24, 2.45) is 11.8 Å². The van der Waals surface area contributed by atoms with Gasteiger partial charge in [-0.2, -0.15) is 0 Å². The highest BCUT2D eigenvalue weighted by molar-refractivity contribution is 5.87. The summed E-state index contributed by atoms with van der Waals surface area (Å²) in [6.07, 6.45) is 0.168. The number of aryl methyl sites for hydroxylation is 1. The molecule has 2 N–H and O–H groups in total. The van der Waals surface area contributed by atoms with Crippen molar-refractivity contribution in [3.05, 3.63) is 45.8 Å². The molecule has 1 spiro atoms. The molecule has 4 atom stereocenters. The number of nitrogens with zero attached hydrogens (tertiary/aromatic N) is 1. The van der Waals surface area contributed by atoms with Crippen molar-refractivity contribution >= 4 is 29.3 Å². The zero-order chi connectivity index (χ0) is 19.5. The topological polar surface area (TPSA) is 92.0 Å². The molecule has 0 saturated carbocycles. The van der Waals surface area contributed by atoms with E-state index in [1.165, 1.54) is 6.07 Å². The quantitative estimate of drug-likeness (QED) is 0.716. The Balaban J connectivity index is 0.00000205. The van der Waals surface area contributed by atoms with Crippen LogP contribution in [-0.2, 0) is 16.0 Å². The Kier molecular flexibility index (Phi) is 5.19. The first kappa shape index (κ1) is 20.3. The van der Waals surface area contributed by atoms with E-state index < -0.39 is 11.2 Å². The molecule has 156 valence electrons. The van der Waals surface area contributed by atoms with Crippen LogP contribution in [0.3, 0.4) is 0 Å². The van der Waals surface area contributed by atoms with Gasteiger partial charge in [-0.05, 0) is 24.1 Å². The number of rotatable bonds is 3. The molecular weight excluding hydrogens is 396 g/mol. The third-order valence-corrected chi connectivity index (χ3v) is 6.59. The lowest BCUT2D eigenvalue weighted by Gasteiger charge is -2.33. The minimum absolute atomic E-state index is 0. The Hall–Kier alpha value is -1.93. The summed E-state index contributed by atoms with van der Waals surface area (Å²) in [6, 6.07) is 7.07. The molecule has 3 aliphatic heterocycles. The Morgan fingerprint density at radius 1 is 1.38 bits per heavy atom. The highest BCUT2D eigenvalue weighted by Gasteiger charge is 2.61. The Morgan fingerprint density at radius 3 is 3.00 bits per heavy atom. The van der Waals surface area contributed by atoms with Crippen molar-refractivity contribution in [2.75, 3.05) is 32.8 Å². The summed E-state index contributed by atoms with van der Waals surface area (Å²) in [6.45, 7) is 4.57. The second-order valence-corrected chi connectivity index (χ2v) is 8.35. The van der Waals surface area contributed by atoms with E-state index in [2.05, 4.69) is 5.32 Å². The predicted molar refractivity (Wildman–Crippen MR) is 109 cm³/mol. The number of carbonyl (C=O) groups is 1. The van der Waals surface area contributed by atoms with Gasteiger partial charge in [0.15, 0.2) is 0 Å². The molecule has 5 rings (SSSR count). The number of hydrogen-bond donors (Lipinski definition) is 2. The summed E-state index contributed by atoms with van der Waals surface area (Å²) < 4.78 is 11.6. The van der Waals surface area contributed by atoms with Gasteiger partial charge in [0.25, 0.3) is 0 Å². The van der Waals surface area contributed by atoms with Crippen molar-refractivity contribution in [3.63, 3.8) is 0 Å². The van der Waals surface area contributed by atoms with Crippen LogP contribution < -0.4 is 10.9 Å². The van der Waals surface area contributed by atoms with E-state index >= 15 is 0 Å². The number of benzene rings is 1. The summed E-state index contributed by atoms with van der Waals surface area (Å²) in [7, 11) is 0. The molecule has 1 aromatic carbocycles. The number of fused-ring (bicyclic) bond motifs is 2. The van der Waals surface area contributed by atoms with Crippen LogP contribution in [0, 0.1) is 18.8 Å². The summed E-state index contributed by atoms with van der Waals surface area (Å²) in [5, 5.41) is 14.0. The van der Waals surface area contributed by atoms with Gasteiger partial charge in [0, 0.05) is 49.5 Å². The average Bonchev–Trinajstić information content (AvgIpc) is 3.09. The summed E-state index contributed by atoms with van der Waals surface area (Å²) >= 11 is 0. The van der Waals surface area contributed by atoms with Gasteiger partial charge in [-0.25, -0.2) is 4.79 Å². The van der Waals surface area contributed by atoms with Gasteiger partial charge in [0.2, 0.25) is 5.91 Å². The van der Waals surface area contributed by atoms with Crippen LogP contribution in [0.15, 0.2) is 33.5 Å². The second kappa shape index (κ2) is 7.40. The number of aliphatic hydroxyl groups excluding tert-OH is 1. The molecule has 1 aromatic heterocycles. The van der Waals surface area contributed by atoms with Crippen molar-refractivity contribution in [2.45, 2.75) is 25.0 Å². The fraction of sp³-hybridized carbons (Fsp3) is 0.524. The number of carbonyl (C=O) groups excluding carboxylic acids is 1. The maximum atomic E-state index is 13.1. The van der Waals surface area contributed by atoms with Crippen LogP contribution in [0.1, 0.15) is 11.1 Å². The lowest BCUT2D eigenvalue weighted by atomic mass is 9.83. The molecule has 3 fully saturated rings. The average molecular weight is 421 g/mol. The number of ether oxygens (including phenoxy) is 1. The van der Waals surface area contributed by atoms with Crippen LogP contribution in [0.4, 0.5) is 0 Å². The number of likely N-dealkylation sites (tertiary alicyclic amines) is 1. The first-order chi connectivity index (χ1) is 13.5. The minimum atomic E-state index is -0.444. The van der Waals surface area contributed by atoms with Gasteiger partial charge in [0.1, 0.15) is 11.2 Å². The molecule has 0 unspecified atom stereocenters. The van der Waals surface area contributed by atoms with Gasteiger partial charge in [-0.3, -0.25) is 4.79 Å². The number of nitrogens with one attached hydrogen (secondary N) is 1. The third kappa shape index (κ3) is 3.26. The van der Waals surface area contributed by atoms with Gasteiger partial charge in [-0.1, -0.05) is 12.1 Å². The fourth-order valence-corrected chi connectivity index (χ4v) is 5.25. The smallest absolute Gasteiger partial charge is 0.336 e. The van der Waals surface area contributed by atoms with Crippen LogP contribution in [0.25, 0.3) is 11.0 Å². The SMILES string of the molecule is Cc1ccc2c(CC(=O)N3C[C@@H]4[C@H](CO)[C@H]5CNC[C@]4(C3)O5)cc(=O)oc2c1.Cl. The highest BCUT2D eigenvalue weighted by Crippen LogP contribution is 2.47. The van der Waals surface area contributed by atoms with E-state index in [9.17, 15) is 14.7 Å². The van der Waals surface area contributed by atoms with Gasteiger partial charge >= 0.3 is 5.63 Å². The molecule has 0 radical (unpaired) electrons. The van der Waals surface area contributed by atoms with Crippen molar-refractivity contribution in [3.8, 4) is 0 Å². The lowest BCUT2D eigenvalue weighted by molar-refractivity contribution is -0.133. The molecule has 4 heterocycles. The highest BCUT2D eigenvalue weighted by atomic mass is 35.5. The van der Waals surface area contributed by atoms with E-state index in [-0.39, 0.29) is 49.3 Å². The van der Waals surface area contributed by atoms with Gasteiger partial charge < -0.3 is 24.5 Å². The zero-order valence-electron chi connectivity index (χ0n) is 16.2. The molecule has 3 aliphatic rings. The van der Waals surface area contributed by atoms with E-state index in [4.69, 9.17) is 9.15 Å². The maximum Gasteiger partial charge on any atom is 0.336 e. The molecule has 3 saturated heterocycles. The largest absolute Gasteiger partial charge is 0.423 e. The first-order valence-electron chi connectivity index (χ1n) is 9.80. The first-order valence-corrected chi connectivity index (χ1v) is 9.80. The number of hydrogen-bond acceptors (Lipinski definition) is 6. The fourth-order valence-electron chi connectivity index (χ4n) is 5.25. The summed E-state index contributed by atoms with van der Waals surface area (Å²) in [5.41, 5.74) is 1.35. The van der Waals surface area contributed by atoms with Crippen molar-refractivity contribution < 1.29 is 19.1 Å². The van der Waals surface area contributed by atoms with Crippen molar-refractivity contribution in [1.29, 1.82) is 0 Å². The Labute approximate surface area is 174 Å².